The number of benzene rings is 2. The Balaban J connectivity index is 2.18. The van der Waals surface area contributed by atoms with Crippen LogP contribution in [-0.4, -0.2) is 16.1 Å². The van der Waals surface area contributed by atoms with E-state index in [1.807, 2.05) is 6.19 Å². The first-order valence-electron chi connectivity index (χ1n) is 6.11. The summed E-state index contributed by atoms with van der Waals surface area (Å²) in [6.45, 7) is 0. The highest BCUT2D eigenvalue weighted by atomic mass is 16.3. The van der Waals surface area contributed by atoms with Gasteiger partial charge in [-0.25, -0.2) is 4.90 Å². The molecule has 0 heterocycles. The maximum absolute atomic E-state index is 12.0. The SMILES string of the molecule is N#CN(C(=O)C=Cc1ccc(O)c(O)c1)c1ccccc1. The average molecular weight is 280 g/mol. The summed E-state index contributed by atoms with van der Waals surface area (Å²) in [6.07, 6.45) is 4.50. The molecule has 0 radical (unpaired) electrons. The molecule has 0 saturated heterocycles. The number of hydrogen-bond donors (Lipinski definition) is 2. The van der Waals surface area contributed by atoms with Crippen LogP contribution in [-0.2, 0) is 4.79 Å². The summed E-state index contributed by atoms with van der Waals surface area (Å²) in [5.41, 5.74) is 1.01. The molecule has 2 aromatic carbocycles. The van der Waals surface area contributed by atoms with Crippen molar-refractivity contribution in [2.24, 2.45) is 0 Å². The number of anilines is 1. The van der Waals surface area contributed by atoms with E-state index in [4.69, 9.17) is 5.26 Å². The number of carbonyl (C=O) groups is 1. The van der Waals surface area contributed by atoms with Crippen LogP contribution in [0.25, 0.3) is 6.08 Å². The highest BCUT2D eigenvalue weighted by molar-refractivity contribution is 6.05. The van der Waals surface area contributed by atoms with Crippen molar-refractivity contribution in [3.8, 4) is 17.7 Å². The van der Waals surface area contributed by atoms with E-state index in [1.165, 1.54) is 30.4 Å². The third-order valence-electron chi connectivity index (χ3n) is 2.75. The van der Waals surface area contributed by atoms with Crippen molar-refractivity contribution in [1.29, 1.82) is 5.26 Å². The first-order valence-corrected chi connectivity index (χ1v) is 6.11. The molecular weight excluding hydrogens is 268 g/mol. The van der Waals surface area contributed by atoms with Gasteiger partial charge in [0.2, 0.25) is 0 Å². The number of aromatic hydroxyl groups is 2. The molecule has 0 atom stereocenters. The van der Waals surface area contributed by atoms with Gasteiger partial charge in [-0.15, -0.1) is 0 Å². The van der Waals surface area contributed by atoms with Gasteiger partial charge in [0.25, 0.3) is 5.91 Å². The van der Waals surface area contributed by atoms with Crippen LogP contribution in [0.3, 0.4) is 0 Å². The van der Waals surface area contributed by atoms with Crippen molar-refractivity contribution in [3.63, 3.8) is 0 Å². The van der Waals surface area contributed by atoms with Gasteiger partial charge >= 0.3 is 0 Å². The van der Waals surface area contributed by atoms with Crippen molar-refractivity contribution < 1.29 is 15.0 Å². The van der Waals surface area contributed by atoms with E-state index in [0.29, 0.717) is 11.3 Å². The van der Waals surface area contributed by atoms with Crippen molar-refractivity contribution in [2.45, 2.75) is 0 Å². The van der Waals surface area contributed by atoms with Crippen molar-refractivity contribution >= 4 is 17.7 Å². The minimum atomic E-state index is -0.503. The first-order chi connectivity index (χ1) is 10.1. The molecule has 0 aromatic heterocycles. The van der Waals surface area contributed by atoms with Crippen LogP contribution in [0.2, 0.25) is 0 Å². The molecular formula is C16H12N2O3. The predicted molar refractivity (Wildman–Crippen MR) is 78.3 cm³/mol. The van der Waals surface area contributed by atoms with Gasteiger partial charge in [0.15, 0.2) is 17.7 Å². The van der Waals surface area contributed by atoms with Crippen LogP contribution in [0.15, 0.2) is 54.6 Å². The zero-order valence-corrected chi connectivity index (χ0v) is 11.0. The van der Waals surface area contributed by atoms with Gasteiger partial charge in [-0.2, -0.15) is 5.26 Å². The highest BCUT2D eigenvalue weighted by Crippen LogP contribution is 2.25. The van der Waals surface area contributed by atoms with E-state index in [0.717, 1.165) is 4.90 Å². The molecule has 0 fully saturated rings. The number of hydrogen-bond acceptors (Lipinski definition) is 4. The molecule has 2 aromatic rings. The van der Waals surface area contributed by atoms with Crippen molar-refractivity contribution in [2.75, 3.05) is 4.90 Å². The molecule has 2 rings (SSSR count). The van der Waals surface area contributed by atoms with Crippen LogP contribution >= 0.6 is 0 Å². The molecule has 0 aliphatic carbocycles. The van der Waals surface area contributed by atoms with Crippen LogP contribution in [0.4, 0.5) is 5.69 Å². The summed E-state index contributed by atoms with van der Waals surface area (Å²) in [7, 11) is 0. The summed E-state index contributed by atoms with van der Waals surface area (Å²) >= 11 is 0. The normalized spacial score (nSPS) is 10.2. The molecule has 1 amide bonds. The van der Waals surface area contributed by atoms with Crippen molar-refractivity contribution in [3.05, 3.63) is 60.2 Å². The third kappa shape index (κ3) is 3.39. The lowest BCUT2D eigenvalue weighted by molar-refractivity contribution is -0.113. The molecule has 2 N–H and O–H groups in total. The minimum Gasteiger partial charge on any atom is -0.504 e. The van der Waals surface area contributed by atoms with Crippen LogP contribution < -0.4 is 4.90 Å². The fourth-order valence-corrected chi connectivity index (χ4v) is 1.70. The first kappa shape index (κ1) is 14.2. The zero-order valence-electron chi connectivity index (χ0n) is 11.0. The molecule has 5 nitrogen and oxygen atoms in total. The molecule has 0 unspecified atom stereocenters. The maximum Gasteiger partial charge on any atom is 0.264 e. The Bertz CT molecular complexity index is 718. The summed E-state index contributed by atoms with van der Waals surface area (Å²) in [5, 5.41) is 27.6. The van der Waals surface area contributed by atoms with E-state index < -0.39 is 5.91 Å². The lowest BCUT2D eigenvalue weighted by atomic mass is 10.2. The molecule has 0 aliphatic heterocycles. The Labute approximate surface area is 121 Å². The minimum absolute atomic E-state index is 0.235. The van der Waals surface area contributed by atoms with E-state index in [1.54, 1.807) is 30.3 Å². The molecule has 0 bridgehead atoms. The summed E-state index contributed by atoms with van der Waals surface area (Å²) in [6, 6.07) is 12.7. The number of para-hydroxylation sites is 1. The number of nitrogens with zero attached hydrogens (tertiary/aromatic N) is 2. The summed E-state index contributed by atoms with van der Waals surface area (Å²) < 4.78 is 0. The van der Waals surface area contributed by atoms with Gasteiger partial charge < -0.3 is 10.2 Å². The Morgan fingerprint density at radius 3 is 2.43 bits per heavy atom. The van der Waals surface area contributed by atoms with Gasteiger partial charge in [-0.3, -0.25) is 4.79 Å². The Morgan fingerprint density at radius 2 is 1.81 bits per heavy atom. The molecule has 5 heteroatoms. The van der Waals surface area contributed by atoms with E-state index >= 15 is 0 Å². The van der Waals surface area contributed by atoms with Crippen molar-refractivity contribution in [1.82, 2.24) is 0 Å². The number of nitriles is 1. The monoisotopic (exact) mass is 280 g/mol. The van der Waals surface area contributed by atoms with Gasteiger partial charge in [-0.05, 0) is 35.9 Å². The second-order valence-electron chi connectivity index (χ2n) is 4.19. The Kier molecular flexibility index (Phi) is 4.22. The number of rotatable bonds is 3. The molecule has 0 spiro atoms. The van der Waals surface area contributed by atoms with Crippen LogP contribution in [0.5, 0.6) is 11.5 Å². The quantitative estimate of drug-likeness (QED) is 0.392. The fourth-order valence-electron chi connectivity index (χ4n) is 1.70. The number of phenols is 2. The molecule has 0 saturated carbocycles. The van der Waals surface area contributed by atoms with Gasteiger partial charge in [0.05, 0.1) is 5.69 Å². The van der Waals surface area contributed by atoms with Crippen LogP contribution in [0, 0.1) is 11.5 Å². The van der Waals surface area contributed by atoms with E-state index in [2.05, 4.69) is 0 Å². The zero-order chi connectivity index (χ0) is 15.2. The summed E-state index contributed by atoms with van der Waals surface area (Å²) in [4.78, 5) is 13.0. The molecule has 21 heavy (non-hydrogen) atoms. The van der Waals surface area contributed by atoms with Gasteiger partial charge in [0.1, 0.15) is 0 Å². The number of carbonyl (C=O) groups excluding carboxylic acids is 1. The number of amides is 1. The average Bonchev–Trinajstić information content (AvgIpc) is 2.50. The highest BCUT2D eigenvalue weighted by Gasteiger charge is 2.11. The van der Waals surface area contributed by atoms with Gasteiger partial charge in [0, 0.05) is 6.08 Å². The fraction of sp³-hybridized carbons (Fsp3) is 0. The third-order valence-corrected chi connectivity index (χ3v) is 2.75. The second kappa shape index (κ2) is 6.26. The van der Waals surface area contributed by atoms with E-state index in [9.17, 15) is 15.0 Å². The molecule has 104 valence electrons. The number of phenolic OH excluding ortho intramolecular Hbond substituents is 2. The van der Waals surface area contributed by atoms with Crippen LogP contribution in [0.1, 0.15) is 5.56 Å². The molecule has 0 aliphatic rings. The standard InChI is InChI=1S/C16H12N2O3/c17-11-18(13-4-2-1-3-5-13)16(21)9-7-12-6-8-14(19)15(20)10-12/h1-10,19-20H. The Hall–Kier alpha value is -3.26. The summed E-state index contributed by atoms with van der Waals surface area (Å²) in [5.74, 6) is -1.01. The topological polar surface area (TPSA) is 84.6 Å². The predicted octanol–water partition coefficient (Wildman–Crippen LogP) is 2.63. The van der Waals surface area contributed by atoms with Gasteiger partial charge in [-0.1, -0.05) is 24.3 Å². The maximum atomic E-state index is 12.0. The van der Waals surface area contributed by atoms with E-state index in [-0.39, 0.29) is 11.5 Å². The largest absolute Gasteiger partial charge is 0.504 e. The lowest BCUT2D eigenvalue weighted by Gasteiger charge is -2.10. The Morgan fingerprint density at radius 1 is 1.10 bits per heavy atom. The second-order valence-corrected chi connectivity index (χ2v) is 4.19. The lowest BCUT2D eigenvalue weighted by Crippen LogP contribution is -2.23. The smallest absolute Gasteiger partial charge is 0.264 e.